The summed E-state index contributed by atoms with van der Waals surface area (Å²) in [5.74, 6) is 0. The van der Waals surface area contributed by atoms with Gasteiger partial charge in [0.1, 0.15) is 0 Å². The molecule has 1 aromatic carbocycles. The van der Waals surface area contributed by atoms with Gasteiger partial charge in [-0.15, -0.1) is 0 Å². The minimum Gasteiger partial charge on any atom is -0.314 e. The molecule has 0 aliphatic carbocycles. The molecule has 1 heterocycles. The van der Waals surface area contributed by atoms with Crippen LogP contribution in [0.2, 0.25) is 0 Å². The van der Waals surface area contributed by atoms with Gasteiger partial charge >= 0.3 is 0 Å². The Morgan fingerprint density at radius 2 is 1.84 bits per heavy atom. The fraction of sp³-hybridized carbons (Fsp3) is 0.308. The summed E-state index contributed by atoms with van der Waals surface area (Å²) in [6.07, 6.45) is 1.55. The van der Waals surface area contributed by atoms with Crippen LogP contribution >= 0.6 is 0 Å². The van der Waals surface area contributed by atoms with E-state index in [2.05, 4.69) is 5.32 Å². The van der Waals surface area contributed by atoms with E-state index in [1.165, 1.54) is 9.71 Å². The van der Waals surface area contributed by atoms with Crippen LogP contribution in [0.5, 0.6) is 0 Å². The van der Waals surface area contributed by atoms with Crippen molar-refractivity contribution in [2.24, 2.45) is 0 Å². The molecule has 1 saturated heterocycles. The van der Waals surface area contributed by atoms with Crippen LogP contribution in [0.4, 0.5) is 0 Å². The first-order valence-electron chi connectivity index (χ1n) is 6.01. The topological polar surface area (TPSA) is 73.2 Å². The smallest absolute Gasteiger partial charge is 0.236 e. The largest absolute Gasteiger partial charge is 0.314 e. The zero-order valence-electron chi connectivity index (χ0n) is 10.4. The molecule has 0 atom stereocenters. The van der Waals surface area contributed by atoms with Crippen LogP contribution in [0.25, 0.3) is 6.08 Å². The van der Waals surface area contributed by atoms with Crippen LogP contribution in [0.15, 0.2) is 29.7 Å². The maximum absolute atomic E-state index is 12.0. The van der Waals surface area contributed by atoms with E-state index in [1.54, 1.807) is 30.3 Å². The summed E-state index contributed by atoms with van der Waals surface area (Å²) in [7, 11) is -3.35. The van der Waals surface area contributed by atoms with Gasteiger partial charge in [-0.1, -0.05) is 12.1 Å². The molecule has 2 rings (SSSR count). The van der Waals surface area contributed by atoms with Gasteiger partial charge in [0.05, 0.1) is 11.6 Å². The number of piperazine rings is 1. The summed E-state index contributed by atoms with van der Waals surface area (Å²) in [6, 6.07) is 8.80. The van der Waals surface area contributed by atoms with Gasteiger partial charge in [0.15, 0.2) is 0 Å². The minimum atomic E-state index is -3.35. The highest BCUT2D eigenvalue weighted by Crippen LogP contribution is 2.10. The van der Waals surface area contributed by atoms with Gasteiger partial charge < -0.3 is 5.32 Å². The Morgan fingerprint density at radius 1 is 1.21 bits per heavy atom. The van der Waals surface area contributed by atoms with Crippen molar-refractivity contribution in [2.45, 2.75) is 0 Å². The van der Waals surface area contributed by atoms with E-state index in [9.17, 15) is 8.42 Å². The third-order valence-corrected chi connectivity index (χ3v) is 4.47. The number of sulfonamides is 1. The molecule has 6 heteroatoms. The molecule has 0 unspecified atom stereocenters. The molecule has 0 saturated carbocycles. The van der Waals surface area contributed by atoms with E-state index in [0.29, 0.717) is 31.7 Å². The fourth-order valence-electron chi connectivity index (χ4n) is 1.82. The Labute approximate surface area is 113 Å². The highest BCUT2D eigenvalue weighted by Gasteiger charge is 2.20. The van der Waals surface area contributed by atoms with Crippen LogP contribution in [0, 0.1) is 11.3 Å². The highest BCUT2D eigenvalue weighted by atomic mass is 32.2. The van der Waals surface area contributed by atoms with Crippen molar-refractivity contribution in [1.82, 2.24) is 9.62 Å². The molecule has 0 spiro atoms. The molecule has 1 fully saturated rings. The summed E-state index contributed by atoms with van der Waals surface area (Å²) >= 11 is 0. The zero-order chi connectivity index (χ0) is 13.7. The van der Waals surface area contributed by atoms with Crippen LogP contribution in [0.1, 0.15) is 11.1 Å². The van der Waals surface area contributed by atoms with Gasteiger partial charge in [0.2, 0.25) is 10.0 Å². The second-order valence-corrected chi connectivity index (χ2v) is 6.05. The van der Waals surface area contributed by atoms with Gasteiger partial charge in [-0.25, -0.2) is 8.42 Å². The molecule has 1 N–H and O–H groups in total. The highest BCUT2D eigenvalue weighted by molar-refractivity contribution is 7.92. The maximum atomic E-state index is 12.0. The van der Waals surface area contributed by atoms with Crippen molar-refractivity contribution in [1.29, 1.82) is 5.26 Å². The summed E-state index contributed by atoms with van der Waals surface area (Å²) in [6.45, 7) is 2.37. The molecule has 0 amide bonds. The summed E-state index contributed by atoms with van der Waals surface area (Å²) in [5, 5.41) is 13.0. The summed E-state index contributed by atoms with van der Waals surface area (Å²) in [5.41, 5.74) is 1.32. The normalized spacial score (nSPS) is 17.4. The number of hydrogen-bond donors (Lipinski definition) is 1. The minimum absolute atomic E-state index is 0.500. The molecule has 100 valence electrons. The first-order valence-corrected chi connectivity index (χ1v) is 7.51. The predicted molar refractivity (Wildman–Crippen MR) is 73.6 cm³/mol. The predicted octanol–water partition coefficient (Wildman–Crippen LogP) is 0.764. The lowest BCUT2D eigenvalue weighted by molar-refractivity contribution is 0.364. The number of nitriles is 1. The lowest BCUT2D eigenvalue weighted by Crippen LogP contribution is -2.45. The lowest BCUT2D eigenvalue weighted by atomic mass is 10.1. The molecule has 1 aromatic rings. The quantitative estimate of drug-likeness (QED) is 0.885. The average Bonchev–Trinajstić information content (AvgIpc) is 2.47. The standard InChI is InChI=1S/C13H15N3O2S/c14-11-13-3-1-12(2-4-13)5-10-19(17,18)16-8-6-15-7-9-16/h1-5,10,15H,6-9H2. The second kappa shape index (κ2) is 5.97. The first-order chi connectivity index (χ1) is 9.12. The van der Waals surface area contributed by atoms with Crippen molar-refractivity contribution < 1.29 is 8.42 Å². The summed E-state index contributed by atoms with van der Waals surface area (Å²) < 4.78 is 25.5. The molecule has 1 aliphatic heterocycles. The van der Waals surface area contributed by atoms with Crippen LogP contribution in [-0.2, 0) is 10.0 Å². The third-order valence-electron chi connectivity index (χ3n) is 2.91. The fourth-order valence-corrected chi connectivity index (χ4v) is 3.01. The molecule has 0 bridgehead atoms. The monoisotopic (exact) mass is 277 g/mol. The zero-order valence-corrected chi connectivity index (χ0v) is 11.2. The first kappa shape index (κ1) is 13.7. The molecule has 19 heavy (non-hydrogen) atoms. The Bertz CT molecular complexity index is 594. The van der Waals surface area contributed by atoms with E-state index in [0.717, 1.165) is 5.56 Å². The molecule has 5 nitrogen and oxygen atoms in total. The van der Waals surface area contributed by atoms with Gasteiger partial charge in [-0.3, -0.25) is 0 Å². The van der Waals surface area contributed by atoms with E-state index in [1.807, 2.05) is 6.07 Å². The Balaban J connectivity index is 2.10. The van der Waals surface area contributed by atoms with Crippen LogP contribution in [-0.4, -0.2) is 38.9 Å². The van der Waals surface area contributed by atoms with E-state index in [-0.39, 0.29) is 0 Å². The van der Waals surface area contributed by atoms with Crippen LogP contribution in [0.3, 0.4) is 0 Å². The molecule has 0 aromatic heterocycles. The number of benzene rings is 1. The molecular weight excluding hydrogens is 262 g/mol. The van der Waals surface area contributed by atoms with Crippen molar-refractivity contribution >= 4 is 16.1 Å². The van der Waals surface area contributed by atoms with Crippen molar-refractivity contribution in [2.75, 3.05) is 26.2 Å². The lowest BCUT2D eigenvalue weighted by Gasteiger charge is -2.25. The summed E-state index contributed by atoms with van der Waals surface area (Å²) in [4.78, 5) is 0. The molecule has 1 aliphatic rings. The maximum Gasteiger partial charge on any atom is 0.236 e. The molecule has 0 radical (unpaired) electrons. The number of nitrogens with one attached hydrogen (secondary N) is 1. The van der Waals surface area contributed by atoms with Crippen molar-refractivity contribution in [3.05, 3.63) is 40.8 Å². The SMILES string of the molecule is N#Cc1ccc(C=CS(=O)(=O)N2CCNCC2)cc1. The second-order valence-electron chi connectivity index (χ2n) is 4.23. The number of rotatable bonds is 3. The number of nitrogens with zero attached hydrogens (tertiary/aromatic N) is 2. The van der Waals surface area contributed by atoms with Gasteiger partial charge in [0.25, 0.3) is 0 Å². The van der Waals surface area contributed by atoms with Crippen molar-refractivity contribution in [3.63, 3.8) is 0 Å². The van der Waals surface area contributed by atoms with Gasteiger partial charge in [0, 0.05) is 31.6 Å². The number of hydrogen-bond acceptors (Lipinski definition) is 4. The average molecular weight is 277 g/mol. The van der Waals surface area contributed by atoms with E-state index >= 15 is 0 Å². The Kier molecular flexibility index (Phi) is 4.32. The third kappa shape index (κ3) is 3.64. The van der Waals surface area contributed by atoms with E-state index < -0.39 is 10.0 Å². The van der Waals surface area contributed by atoms with E-state index in [4.69, 9.17) is 5.26 Å². The van der Waals surface area contributed by atoms with Crippen molar-refractivity contribution in [3.8, 4) is 6.07 Å². The van der Waals surface area contributed by atoms with Crippen LogP contribution < -0.4 is 5.32 Å². The Hall–Kier alpha value is -1.68. The van der Waals surface area contributed by atoms with Gasteiger partial charge in [-0.05, 0) is 23.8 Å². The van der Waals surface area contributed by atoms with Gasteiger partial charge in [-0.2, -0.15) is 9.57 Å². The molecular formula is C13H15N3O2S. The Morgan fingerprint density at radius 3 is 2.42 bits per heavy atom.